The number of aryl methyl sites for hydroxylation is 2. The first-order chi connectivity index (χ1) is 16.3. The lowest BCUT2D eigenvalue weighted by molar-refractivity contribution is 0.0748. The first-order valence-electron chi connectivity index (χ1n) is 11.4. The number of nitrogens with one attached hydrogen (secondary N) is 2. The van der Waals surface area contributed by atoms with Crippen LogP contribution in [0, 0.1) is 12.3 Å². The van der Waals surface area contributed by atoms with Crippen LogP contribution in [-0.2, 0) is 17.8 Å². The SMILES string of the molecule is Cc1ccc2nc3c(cc(C(=O)NCc4ccccc4)c(=N)n3CCCOC(C)C)c(=O)n2c1. The minimum atomic E-state index is -0.406. The molecule has 0 saturated heterocycles. The van der Waals surface area contributed by atoms with Gasteiger partial charge >= 0.3 is 0 Å². The largest absolute Gasteiger partial charge is 0.379 e. The molecule has 8 nitrogen and oxygen atoms in total. The quantitative estimate of drug-likeness (QED) is 0.312. The zero-order valence-corrected chi connectivity index (χ0v) is 19.7. The summed E-state index contributed by atoms with van der Waals surface area (Å²) in [4.78, 5) is 31.1. The van der Waals surface area contributed by atoms with Crippen LogP contribution in [0.3, 0.4) is 0 Å². The van der Waals surface area contributed by atoms with Crippen molar-refractivity contribution in [2.75, 3.05) is 6.61 Å². The van der Waals surface area contributed by atoms with Gasteiger partial charge in [-0.1, -0.05) is 36.4 Å². The van der Waals surface area contributed by atoms with E-state index in [0.717, 1.165) is 11.1 Å². The molecule has 0 radical (unpaired) electrons. The lowest BCUT2D eigenvalue weighted by Gasteiger charge is -2.15. The molecule has 0 spiro atoms. The summed E-state index contributed by atoms with van der Waals surface area (Å²) in [6, 6.07) is 14.7. The Morgan fingerprint density at radius 3 is 2.68 bits per heavy atom. The van der Waals surface area contributed by atoms with E-state index in [-0.39, 0.29) is 22.7 Å². The lowest BCUT2D eigenvalue weighted by atomic mass is 10.1. The second kappa shape index (κ2) is 10.0. The van der Waals surface area contributed by atoms with Gasteiger partial charge in [-0.05, 0) is 50.5 Å². The van der Waals surface area contributed by atoms with Crippen molar-refractivity contribution < 1.29 is 9.53 Å². The van der Waals surface area contributed by atoms with Crippen LogP contribution in [-0.4, -0.2) is 32.6 Å². The fraction of sp³-hybridized carbons (Fsp3) is 0.308. The van der Waals surface area contributed by atoms with Gasteiger partial charge in [-0.2, -0.15) is 0 Å². The third-order valence-corrected chi connectivity index (χ3v) is 5.57. The van der Waals surface area contributed by atoms with Gasteiger partial charge < -0.3 is 14.6 Å². The summed E-state index contributed by atoms with van der Waals surface area (Å²) >= 11 is 0. The first kappa shape index (κ1) is 23.4. The highest BCUT2D eigenvalue weighted by Gasteiger charge is 2.17. The Kier molecular flexibility index (Phi) is 6.88. The molecule has 0 atom stereocenters. The summed E-state index contributed by atoms with van der Waals surface area (Å²) < 4.78 is 8.77. The Morgan fingerprint density at radius 2 is 1.94 bits per heavy atom. The van der Waals surface area contributed by atoms with Crippen LogP contribution in [0.15, 0.2) is 59.5 Å². The molecule has 2 N–H and O–H groups in total. The summed E-state index contributed by atoms with van der Waals surface area (Å²) in [5, 5.41) is 12.0. The third kappa shape index (κ3) is 4.92. The number of benzene rings is 1. The number of amides is 1. The van der Waals surface area contributed by atoms with Gasteiger partial charge in [0.15, 0.2) is 0 Å². The smallest absolute Gasteiger partial charge is 0.267 e. The summed E-state index contributed by atoms with van der Waals surface area (Å²) in [6.07, 6.45) is 2.45. The van der Waals surface area contributed by atoms with Gasteiger partial charge in [-0.3, -0.25) is 19.4 Å². The Hall–Kier alpha value is -3.78. The number of carbonyl (C=O) groups is 1. The zero-order chi connectivity index (χ0) is 24.2. The molecule has 0 aliphatic rings. The van der Waals surface area contributed by atoms with Crippen molar-refractivity contribution in [3.63, 3.8) is 0 Å². The maximum absolute atomic E-state index is 13.4. The number of hydrogen-bond donors (Lipinski definition) is 2. The molecule has 0 bridgehead atoms. The normalized spacial score (nSPS) is 11.4. The Balaban J connectivity index is 1.79. The van der Waals surface area contributed by atoms with Crippen LogP contribution in [0.5, 0.6) is 0 Å². The fourth-order valence-electron chi connectivity index (χ4n) is 3.85. The highest BCUT2D eigenvalue weighted by Crippen LogP contribution is 2.12. The second-order valence-corrected chi connectivity index (χ2v) is 8.59. The van der Waals surface area contributed by atoms with Crippen LogP contribution in [0.25, 0.3) is 16.7 Å². The van der Waals surface area contributed by atoms with Crippen molar-refractivity contribution in [1.29, 1.82) is 5.41 Å². The van der Waals surface area contributed by atoms with E-state index in [2.05, 4.69) is 10.3 Å². The maximum atomic E-state index is 13.4. The Bertz CT molecular complexity index is 1460. The van der Waals surface area contributed by atoms with Crippen molar-refractivity contribution in [3.05, 3.63) is 87.3 Å². The van der Waals surface area contributed by atoms with E-state index in [0.29, 0.717) is 42.8 Å². The van der Waals surface area contributed by atoms with E-state index in [1.165, 1.54) is 10.5 Å². The van der Waals surface area contributed by atoms with Gasteiger partial charge in [-0.15, -0.1) is 0 Å². The predicted molar refractivity (Wildman–Crippen MR) is 131 cm³/mol. The molecule has 1 aromatic carbocycles. The zero-order valence-electron chi connectivity index (χ0n) is 19.7. The monoisotopic (exact) mass is 459 g/mol. The number of ether oxygens (including phenoxy) is 1. The molecule has 176 valence electrons. The van der Waals surface area contributed by atoms with E-state index in [1.807, 2.05) is 57.2 Å². The first-order valence-corrected chi connectivity index (χ1v) is 11.4. The molecule has 0 aliphatic carbocycles. The number of carbonyl (C=O) groups excluding carboxylic acids is 1. The highest BCUT2D eigenvalue weighted by atomic mass is 16.5. The molecule has 0 unspecified atom stereocenters. The predicted octanol–water partition coefficient (Wildman–Crippen LogP) is 3.18. The van der Waals surface area contributed by atoms with Crippen LogP contribution in [0.4, 0.5) is 0 Å². The Morgan fingerprint density at radius 1 is 1.18 bits per heavy atom. The molecule has 4 rings (SSSR count). The van der Waals surface area contributed by atoms with Crippen molar-refractivity contribution in [1.82, 2.24) is 19.3 Å². The van der Waals surface area contributed by atoms with E-state index in [1.54, 1.807) is 16.8 Å². The fourth-order valence-corrected chi connectivity index (χ4v) is 3.85. The van der Waals surface area contributed by atoms with E-state index in [4.69, 9.17) is 10.1 Å². The molecule has 0 fully saturated rings. The van der Waals surface area contributed by atoms with Gasteiger partial charge in [-0.25, -0.2) is 4.98 Å². The number of aromatic nitrogens is 3. The molecule has 3 aromatic heterocycles. The lowest BCUT2D eigenvalue weighted by Crippen LogP contribution is -2.35. The summed E-state index contributed by atoms with van der Waals surface area (Å²) in [7, 11) is 0. The average Bonchev–Trinajstić information content (AvgIpc) is 2.82. The molecule has 8 heteroatoms. The van der Waals surface area contributed by atoms with Crippen LogP contribution in [0.1, 0.15) is 41.8 Å². The van der Waals surface area contributed by atoms with E-state index >= 15 is 0 Å². The van der Waals surface area contributed by atoms with Crippen molar-refractivity contribution in [2.45, 2.75) is 46.4 Å². The highest BCUT2D eigenvalue weighted by molar-refractivity contribution is 5.96. The van der Waals surface area contributed by atoms with Gasteiger partial charge in [0.05, 0.1) is 17.1 Å². The van der Waals surface area contributed by atoms with E-state index in [9.17, 15) is 9.59 Å². The number of pyridine rings is 2. The number of fused-ring (bicyclic) bond motifs is 2. The molecular formula is C26H29N5O3. The van der Waals surface area contributed by atoms with Crippen molar-refractivity contribution >= 4 is 22.6 Å². The number of rotatable bonds is 8. The molecule has 34 heavy (non-hydrogen) atoms. The van der Waals surface area contributed by atoms with Crippen LogP contribution < -0.4 is 16.4 Å². The van der Waals surface area contributed by atoms with Gasteiger partial charge in [0.2, 0.25) is 0 Å². The molecule has 3 heterocycles. The van der Waals surface area contributed by atoms with Gasteiger partial charge in [0.1, 0.15) is 16.8 Å². The number of hydrogen-bond acceptors (Lipinski definition) is 5. The van der Waals surface area contributed by atoms with Crippen molar-refractivity contribution in [3.8, 4) is 0 Å². The van der Waals surface area contributed by atoms with Crippen molar-refractivity contribution in [2.24, 2.45) is 0 Å². The average molecular weight is 460 g/mol. The standard InChI is InChI=1S/C26H29N5O3/c1-17(2)34-13-7-12-30-23(27)20(25(32)28-15-19-8-5-4-6-9-19)14-21-24(30)29-22-11-10-18(3)16-31(22)26(21)33/h4-6,8-11,14,16-17,27H,7,12-13,15H2,1-3H3,(H,28,32). The molecule has 0 saturated carbocycles. The van der Waals surface area contributed by atoms with Crippen LogP contribution >= 0.6 is 0 Å². The molecule has 4 aromatic rings. The molecule has 1 amide bonds. The summed E-state index contributed by atoms with van der Waals surface area (Å²) in [5.41, 5.74) is 2.65. The summed E-state index contributed by atoms with van der Waals surface area (Å²) in [6.45, 7) is 7.06. The minimum absolute atomic E-state index is 0.0194. The summed E-state index contributed by atoms with van der Waals surface area (Å²) in [5.74, 6) is -0.406. The van der Waals surface area contributed by atoms with E-state index < -0.39 is 5.91 Å². The maximum Gasteiger partial charge on any atom is 0.267 e. The van der Waals surface area contributed by atoms with Gasteiger partial charge in [0.25, 0.3) is 11.5 Å². The Labute approximate surface area is 197 Å². The topological polar surface area (TPSA) is 101 Å². The third-order valence-electron chi connectivity index (χ3n) is 5.57. The minimum Gasteiger partial charge on any atom is -0.379 e. The van der Waals surface area contributed by atoms with Gasteiger partial charge in [0, 0.05) is 25.9 Å². The molecular weight excluding hydrogens is 430 g/mol. The number of nitrogens with zero attached hydrogens (tertiary/aromatic N) is 3. The second-order valence-electron chi connectivity index (χ2n) is 8.59. The van der Waals surface area contributed by atoms with Crippen LogP contribution in [0.2, 0.25) is 0 Å². The molecule has 0 aliphatic heterocycles.